The Bertz CT molecular complexity index is 764. The van der Waals surface area contributed by atoms with Gasteiger partial charge < -0.3 is 10.3 Å². The van der Waals surface area contributed by atoms with Crippen LogP contribution in [0.3, 0.4) is 0 Å². The van der Waals surface area contributed by atoms with Crippen molar-refractivity contribution in [1.29, 1.82) is 0 Å². The molecule has 118 valence electrons. The number of rotatable bonds is 5. The summed E-state index contributed by atoms with van der Waals surface area (Å²) in [6.07, 6.45) is 4.18. The number of amides is 1. The molecule has 2 N–H and O–H groups in total. The van der Waals surface area contributed by atoms with Gasteiger partial charge in [-0.3, -0.25) is 9.78 Å². The van der Waals surface area contributed by atoms with Crippen LogP contribution in [0.5, 0.6) is 0 Å². The predicted molar refractivity (Wildman–Crippen MR) is 90.0 cm³/mol. The van der Waals surface area contributed by atoms with Crippen LogP contribution >= 0.6 is 0 Å². The number of hydrogen-bond donors (Lipinski definition) is 2. The highest BCUT2D eigenvalue weighted by molar-refractivity contribution is 5.94. The zero-order valence-corrected chi connectivity index (χ0v) is 13.3. The summed E-state index contributed by atoms with van der Waals surface area (Å²) in [5.41, 5.74) is 2.49. The minimum Gasteiger partial charge on any atom is -0.342 e. The Morgan fingerprint density at radius 1 is 1.22 bits per heavy atom. The lowest BCUT2D eigenvalue weighted by molar-refractivity contribution is 0.0920. The van der Waals surface area contributed by atoms with Gasteiger partial charge in [0, 0.05) is 18.0 Å². The quantitative estimate of drug-likeness (QED) is 0.758. The average molecular weight is 308 g/mol. The van der Waals surface area contributed by atoms with Crippen LogP contribution in [0.1, 0.15) is 42.5 Å². The van der Waals surface area contributed by atoms with Crippen molar-refractivity contribution < 1.29 is 4.79 Å². The summed E-state index contributed by atoms with van der Waals surface area (Å²) in [7, 11) is 0. The molecule has 0 spiro atoms. The Kier molecular flexibility index (Phi) is 4.37. The third kappa shape index (κ3) is 3.23. The van der Waals surface area contributed by atoms with E-state index in [9.17, 15) is 4.79 Å². The Balaban J connectivity index is 1.90. The monoisotopic (exact) mass is 308 g/mol. The molecule has 1 amide bonds. The summed E-state index contributed by atoms with van der Waals surface area (Å²) in [5, 5.41) is 3.10. The number of imidazole rings is 1. The minimum absolute atomic E-state index is 0.113. The highest BCUT2D eigenvalue weighted by Crippen LogP contribution is 2.25. The third-order valence-corrected chi connectivity index (χ3v) is 4.14. The average Bonchev–Trinajstić information content (AvgIpc) is 3.03. The minimum atomic E-state index is -0.159. The summed E-state index contributed by atoms with van der Waals surface area (Å²) in [5.74, 6) is 0.947. The van der Waals surface area contributed by atoms with E-state index in [2.05, 4.69) is 34.1 Å². The van der Waals surface area contributed by atoms with Gasteiger partial charge in [-0.25, -0.2) is 4.98 Å². The van der Waals surface area contributed by atoms with Crippen LogP contribution in [0.25, 0.3) is 11.0 Å². The molecule has 2 atom stereocenters. The number of nitrogens with one attached hydrogen (secondary N) is 2. The molecule has 0 fully saturated rings. The fraction of sp³-hybridized carbons (Fsp3) is 0.278. The van der Waals surface area contributed by atoms with Crippen LogP contribution in [-0.2, 0) is 0 Å². The number of para-hydroxylation sites is 2. The van der Waals surface area contributed by atoms with Gasteiger partial charge in [-0.1, -0.05) is 32.4 Å². The van der Waals surface area contributed by atoms with Crippen molar-refractivity contribution >= 4 is 16.9 Å². The van der Waals surface area contributed by atoms with Crippen molar-refractivity contribution in [2.45, 2.75) is 26.3 Å². The van der Waals surface area contributed by atoms with Crippen molar-refractivity contribution in [2.24, 2.45) is 5.92 Å². The molecule has 0 saturated heterocycles. The maximum absolute atomic E-state index is 12.5. The van der Waals surface area contributed by atoms with Crippen LogP contribution < -0.4 is 5.32 Å². The Labute approximate surface area is 135 Å². The van der Waals surface area contributed by atoms with Crippen LogP contribution in [-0.4, -0.2) is 20.9 Å². The molecule has 0 saturated carbocycles. The first-order valence-electron chi connectivity index (χ1n) is 7.84. The van der Waals surface area contributed by atoms with Crippen molar-refractivity contribution in [3.8, 4) is 0 Å². The largest absolute Gasteiger partial charge is 0.342 e. The third-order valence-electron chi connectivity index (χ3n) is 4.14. The van der Waals surface area contributed by atoms with Gasteiger partial charge in [0.15, 0.2) is 0 Å². The molecule has 3 aromatic rings. The second-order valence-electron chi connectivity index (χ2n) is 5.71. The zero-order valence-electron chi connectivity index (χ0n) is 13.3. The standard InChI is InChI=1S/C18H20N4O/c1-3-12(2)16(22-18(23)13-8-10-19-11-9-13)17-20-14-6-4-5-7-15(14)21-17/h4-12,16H,3H2,1-2H3,(H,20,21)(H,22,23)/t12-,16-/m1/s1. The van der Waals surface area contributed by atoms with E-state index in [4.69, 9.17) is 0 Å². The fourth-order valence-electron chi connectivity index (χ4n) is 2.56. The van der Waals surface area contributed by atoms with E-state index in [-0.39, 0.29) is 17.9 Å². The molecule has 0 aliphatic carbocycles. The first kappa shape index (κ1) is 15.2. The van der Waals surface area contributed by atoms with Crippen LogP contribution in [0.15, 0.2) is 48.8 Å². The summed E-state index contributed by atoms with van der Waals surface area (Å²) >= 11 is 0. The normalized spacial score (nSPS) is 13.7. The van der Waals surface area contributed by atoms with Gasteiger partial charge in [0.2, 0.25) is 0 Å². The second-order valence-corrected chi connectivity index (χ2v) is 5.71. The second kappa shape index (κ2) is 6.60. The highest BCUT2D eigenvalue weighted by Gasteiger charge is 2.24. The number of nitrogens with zero attached hydrogens (tertiary/aromatic N) is 2. The topological polar surface area (TPSA) is 70.7 Å². The number of aromatic amines is 1. The molecule has 5 heteroatoms. The molecule has 0 radical (unpaired) electrons. The smallest absolute Gasteiger partial charge is 0.251 e. The van der Waals surface area contributed by atoms with E-state index in [1.165, 1.54) is 0 Å². The van der Waals surface area contributed by atoms with Crippen molar-refractivity contribution in [2.75, 3.05) is 0 Å². The van der Waals surface area contributed by atoms with E-state index in [1.54, 1.807) is 24.5 Å². The summed E-state index contributed by atoms with van der Waals surface area (Å²) < 4.78 is 0. The van der Waals surface area contributed by atoms with Crippen LogP contribution in [0.4, 0.5) is 0 Å². The van der Waals surface area contributed by atoms with Crippen LogP contribution in [0, 0.1) is 5.92 Å². The molecule has 0 bridgehead atoms. The fourth-order valence-corrected chi connectivity index (χ4v) is 2.56. The van der Waals surface area contributed by atoms with Crippen LogP contribution in [0.2, 0.25) is 0 Å². The lowest BCUT2D eigenvalue weighted by Crippen LogP contribution is -2.33. The zero-order chi connectivity index (χ0) is 16.2. The number of benzene rings is 1. The van der Waals surface area contributed by atoms with Gasteiger partial charge in [-0.05, 0) is 30.2 Å². The molecular weight excluding hydrogens is 288 g/mol. The number of H-pyrrole nitrogens is 1. The van der Waals surface area contributed by atoms with Crippen molar-refractivity contribution in [1.82, 2.24) is 20.3 Å². The van der Waals surface area contributed by atoms with E-state index < -0.39 is 0 Å². The molecule has 1 aromatic carbocycles. The molecule has 0 aliphatic rings. The van der Waals surface area contributed by atoms with Gasteiger partial charge in [-0.15, -0.1) is 0 Å². The number of pyridine rings is 1. The summed E-state index contributed by atoms with van der Waals surface area (Å²) in [4.78, 5) is 24.4. The highest BCUT2D eigenvalue weighted by atomic mass is 16.1. The first-order chi connectivity index (χ1) is 11.2. The Morgan fingerprint density at radius 2 is 1.96 bits per heavy atom. The Hall–Kier alpha value is -2.69. The number of carbonyl (C=O) groups excluding carboxylic acids is 1. The number of aromatic nitrogens is 3. The molecule has 5 nitrogen and oxygen atoms in total. The molecule has 2 aromatic heterocycles. The van der Waals surface area contributed by atoms with Gasteiger partial charge >= 0.3 is 0 Å². The number of hydrogen-bond acceptors (Lipinski definition) is 3. The molecule has 2 heterocycles. The lowest BCUT2D eigenvalue weighted by Gasteiger charge is -2.22. The lowest BCUT2D eigenvalue weighted by atomic mass is 9.98. The van der Waals surface area contributed by atoms with Gasteiger partial charge in [-0.2, -0.15) is 0 Å². The van der Waals surface area contributed by atoms with Crippen molar-refractivity contribution in [3.63, 3.8) is 0 Å². The summed E-state index contributed by atoms with van der Waals surface area (Å²) in [6, 6.07) is 11.1. The molecule has 0 unspecified atom stereocenters. The summed E-state index contributed by atoms with van der Waals surface area (Å²) in [6.45, 7) is 4.23. The predicted octanol–water partition coefficient (Wildman–Crippen LogP) is 3.48. The van der Waals surface area contributed by atoms with Gasteiger partial charge in [0.05, 0.1) is 17.1 Å². The first-order valence-corrected chi connectivity index (χ1v) is 7.84. The molecule has 0 aliphatic heterocycles. The SMILES string of the molecule is CC[C@@H](C)[C@@H](NC(=O)c1ccncc1)c1nc2ccccc2[nH]1. The van der Waals surface area contributed by atoms with Gasteiger partial charge in [0.25, 0.3) is 5.91 Å². The molecule has 3 rings (SSSR count). The molecule has 23 heavy (non-hydrogen) atoms. The van der Waals surface area contributed by atoms with E-state index in [0.717, 1.165) is 23.3 Å². The Morgan fingerprint density at radius 3 is 2.65 bits per heavy atom. The van der Waals surface area contributed by atoms with Crippen molar-refractivity contribution in [3.05, 3.63) is 60.2 Å². The number of fused-ring (bicyclic) bond motifs is 1. The maximum Gasteiger partial charge on any atom is 0.251 e. The van der Waals surface area contributed by atoms with E-state index in [0.29, 0.717) is 5.56 Å². The van der Waals surface area contributed by atoms with E-state index >= 15 is 0 Å². The maximum atomic E-state index is 12.5. The van der Waals surface area contributed by atoms with E-state index in [1.807, 2.05) is 24.3 Å². The number of carbonyl (C=O) groups is 1. The van der Waals surface area contributed by atoms with Gasteiger partial charge in [0.1, 0.15) is 5.82 Å². The molecular formula is C18H20N4O.